The summed E-state index contributed by atoms with van der Waals surface area (Å²) in [5.74, 6) is 0.0902. The highest BCUT2D eigenvalue weighted by atomic mass is 16.2. The summed E-state index contributed by atoms with van der Waals surface area (Å²) in [7, 11) is 0. The number of rotatable bonds is 4. The van der Waals surface area contributed by atoms with Crippen molar-refractivity contribution in [1.29, 1.82) is 0 Å². The maximum absolute atomic E-state index is 12.6. The van der Waals surface area contributed by atoms with Gasteiger partial charge in [0.25, 0.3) is 0 Å². The van der Waals surface area contributed by atoms with E-state index in [1.54, 1.807) is 0 Å². The second-order valence-corrected chi connectivity index (χ2v) is 7.28. The van der Waals surface area contributed by atoms with Gasteiger partial charge in [-0.2, -0.15) is 0 Å². The Kier molecular flexibility index (Phi) is 4.04. The van der Waals surface area contributed by atoms with E-state index in [0.29, 0.717) is 6.04 Å². The van der Waals surface area contributed by atoms with E-state index in [9.17, 15) is 9.59 Å². The summed E-state index contributed by atoms with van der Waals surface area (Å²) in [5.41, 5.74) is 2.69. The molecule has 2 aliphatic heterocycles. The van der Waals surface area contributed by atoms with E-state index in [0.717, 1.165) is 45.3 Å². The fourth-order valence-corrected chi connectivity index (χ4v) is 3.89. The molecule has 2 fully saturated rings. The van der Waals surface area contributed by atoms with Gasteiger partial charge in [-0.3, -0.25) is 14.5 Å². The molecule has 5 heteroatoms. The molecular weight excluding hydrogens is 302 g/mol. The molecule has 4 rings (SSSR count). The molecule has 0 aromatic heterocycles. The summed E-state index contributed by atoms with van der Waals surface area (Å²) in [6.07, 6.45) is 3.97. The van der Waals surface area contributed by atoms with Gasteiger partial charge in [-0.15, -0.1) is 0 Å². The highest BCUT2D eigenvalue weighted by molar-refractivity contribution is 5.91. The highest BCUT2D eigenvalue weighted by Gasteiger charge is 2.41. The Bertz CT molecular complexity index is 656. The molecule has 5 nitrogen and oxygen atoms in total. The first-order chi connectivity index (χ1) is 11.6. The van der Waals surface area contributed by atoms with Gasteiger partial charge in [0.1, 0.15) is 6.04 Å². The van der Waals surface area contributed by atoms with Gasteiger partial charge >= 0.3 is 0 Å². The fourth-order valence-electron chi connectivity index (χ4n) is 3.89. The second kappa shape index (κ2) is 6.20. The van der Waals surface area contributed by atoms with Crippen LogP contribution in [0.2, 0.25) is 0 Å². The Morgan fingerprint density at radius 2 is 1.92 bits per heavy atom. The van der Waals surface area contributed by atoms with Crippen LogP contribution in [-0.4, -0.2) is 52.8 Å². The summed E-state index contributed by atoms with van der Waals surface area (Å²) in [6.45, 7) is 4.43. The molecule has 1 aromatic rings. The third-order valence-electron chi connectivity index (χ3n) is 5.63. The van der Waals surface area contributed by atoms with Gasteiger partial charge < -0.3 is 10.2 Å². The molecule has 3 aliphatic rings. The number of likely N-dealkylation sites (tertiary alicyclic amines) is 1. The zero-order chi connectivity index (χ0) is 16.7. The molecule has 1 N–H and O–H groups in total. The van der Waals surface area contributed by atoms with E-state index in [1.807, 2.05) is 11.8 Å². The third kappa shape index (κ3) is 2.93. The quantitative estimate of drug-likeness (QED) is 0.907. The molecule has 2 amide bonds. The number of nitrogens with zero attached hydrogens (tertiary/aromatic N) is 2. The van der Waals surface area contributed by atoms with Crippen molar-refractivity contribution in [2.24, 2.45) is 0 Å². The summed E-state index contributed by atoms with van der Waals surface area (Å²) >= 11 is 0. The zero-order valence-corrected chi connectivity index (χ0v) is 14.2. The number of benzene rings is 1. The van der Waals surface area contributed by atoms with Gasteiger partial charge in [-0.05, 0) is 43.7 Å². The molecule has 0 radical (unpaired) electrons. The van der Waals surface area contributed by atoms with E-state index in [-0.39, 0.29) is 23.9 Å². The molecule has 1 aliphatic carbocycles. The first-order valence-corrected chi connectivity index (χ1v) is 9.05. The molecule has 2 atom stereocenters. The molecular formula is C19H25N3O2. The van der Waals surface area contributed by atoms with Crippen LogP contribution in [-0.2, 0) is 22.6 Å². The van der Waals surface area contributed by atoms with Crippen molar-refractivity contribution in [1.82, 2.24) is 15.1 Å². The Labute approximate surface area is 143 Å². The van der Waals surface area contributed by atoms with E-state index in [2.05, 4.69) is 34.5 Å². The standard InChI is InChI=1S/C19H25N3O2/c1-13(21-10-8-14-4-2-3-5-15(14)12-21)18(23)20-17-9-11-22(19(17)24)16-6-7-16/h2-5,13,16-17H,6-12H2,1H3,(H,20,23)/t13-,17-/m0/s1. The fraction of sp³-hybridized carbons (Fsp3) is 0.579. The van der Waals surface area contributed by atoms with Crippen molar-refractivity contribution in [2.45, 2.75) is 57.3 Å². The number of hydrogen-bond donors (Lipinski definition) is 1. The lowest BCUT2D eigenvalue weighted by molar-refractivity contribution is -0.134. The van der Waals surface area contributed by atoms with Crippen molar-refractivity contribution >= 4 is 11.8 Å². The van der Waals surface area contributed by atoms with Crippen LogP contribution in [0.15, 0.2) is 24.3 Å². The average molecular weight is 327 g/mol. The molecule has 1 saturated carbocycles. The number of amides is 2. The van der Waals surface area contributed by atoms with Crippen LogP contribution >= 0.6 is 0 Å². The number of carbonyl (C=O) groups is 2. The monoisotopic (exact) mass is 327 g/mol. The second-order valence-electron chi connectivity index (χ2n) is 7.28. The lowest BCUT2D eigenvalue weighted by Gasteiger charge is -2.33. The molecule has 24 heavy (non-hydrogen) atoms. The molecule has 128 valence electrons. The van der Waals surface area contributed by atoms with Gasteiger partial charge in [0, 0.05) is 25.7 Å². The Morgan fingerprint density at radius 1 is 1.17 bits per heavy atom. The number of nitrogens with one attached hydrogen (secondary N) is 1. The molecule has 0 bridgehead atoms. The van der Waals surface area contributed by atoms with Gasteiger partial charge in [0.15, 0.2) is 0 Å². The normalized spacial score (nSPS) is 25.5. The number of fused-ring (bicyclic) bond motifs is 1. The van der Waals surface area contributed by atoms with E-state index in [1.165, 1.54) is 11.1 Å². The number of carbonyl (C=O) groups excluding carboxylic acids is 2. The van der Waals surface area contributed by atoms with Crippen molar-refractivity contribution in [2.75, 3.05) is 13.1 Å². The third-order valence-corrected chi connectivity index (χ3v) is 5.63. The lowest BCUT2D eigenvalue weighted by atomic mass is 9.98. The number of hydrogen-bond acceptors (Lipinski definition) is 3. The largest absolute Gasteiger partial charge is 0.343 e. The van der Waals surface area contributed by atoms with Crippen LogP contribution in [0.5, 0.6) is 0 Å². The Hall–Kier alpha value is -1.88. The SMILES string of the molecule is C[C@@H](C(=O)N[C@H]1CCN(C2CC2)C1=O)N1CCc2ccccc2C1. The topological polar surface area (TPSA) is 52.7 Å². The summed E-state index contributed by atoms with van der Waals surface area (Å²) in [5, 5.41) is 2.99. The van der Waals surface area contributed by atoms with Crippen LogP contribution in [0.1, 0.15) is 37.3 Å². The van der Waals surface area contributed by atoms with Gasteiger partial charge in [-0.1, -0.05) is 24.3 Å². The molecule has 0 spiro atoms. The maximum Gasteiger partial charge on any atom is 0.245 e. The van der Waals surface area contributed by atoms with Crippen LogP contribution in [0.25, 0.3) is 0 Å². The van der Waals surface area contributed by atoms with Crippen LogP contribution in [0.3, 0.4) is 0 Å². The highest BCUT2D eigenvalue weighted by Crippen LogP contribution is 2.30. The van der Waals surface area contributed by atoms with Crippen LogP contribution < -0.4 is 5.32 Å². The molecule has 2 heterocycles. The Balaban J connectivity index is 1.36. The van der Waals surface area contributed by atoms with E-state index < -0.39 is 0 Å². The molecule has 1 aromatic carbocycles. The molecule has 0 unspecified atom stereocenters. The maximum atomic E-state index is 12.6. The van der Waals surface area contributed by atoms with Crippen molar-refractivity contribution in [3.05, 3.63) is 35.4 Å². The minimum Gasteiger partial charge on any atom is -0.343 e. The van der Waals surface area contributed by atoms with Crippen molar-refractivity contribution < 1.29 is 9.59 Å². The minimum atomic E-state index is -0.322. The van der Waals surface area contributed by atoms with Crippen LogP contribution in [0.4, 0.5) is 0 Å². The van der Waals surface area contributed by atoms with Gasteiger partial charge in [-0.25, -0.2) is 0 Å². The van der Waals surface area contributed by atoms with Gasteiger partial charge in [0.05, 0.1) is 6.04 Å². The van der Waals surface area contributed by atoms with E-state index >= 15 is 0 Å². The van der Waals surface area contributed by atoms with Gasteiger partial charge in [0.2, 0.25) is 11.8 Å². The average Bonchev–Trinajstić information content (AvgIpc) is 3.39. The predicted octanol–water partition coefficient (Wildman–Crippen LogP) is 1.31. The van der Waals surface area contributed by atoms with Crippen molar-refractivity contribution in [3.8, 4) is 0 Å². The summed E-state index contributed by atoms with van der Waals surface area (Å²) in [6, 6.07) is 8.34. The van der Waals surface area contributed by atoms with E-state index in [4.69, 9.17) is 0 Å². The molecule has 1 saturated heterocycles. The summed E-state index contributed by atoms with van der Waals surface area (Å²) in [4.78, 5) is 29.2. The minimum absolute atomic E-state index is 0.0228. The Morgan fingerprint density at radius 3 is 2.67 bits per heavy atom. The first kappa shape index (κ1) is 15.6. The zero-order valence-electron chi connectivity index (χ0n) is 14.2. The smallest absolute Gasteiger partial charge is 0.245 e. The first-order valence-electron chi connectivity index (χ1n) is 9.05. The summed E-state index contributed by atoms with van der Waals surface area (Å²) < 4.78 is 0. The van der Waals surface area contributed by atoms with Crippen molar-refractivity contribution in [3.63, 3.8) is 0 Å². The lowest BCUT2D eigenvalue weighted by Crippen LogP contribution is -2.51. The van der Waals surface area contributed by atoms with Crippen LogP contribution in [0, 0.1) is 0 Å². The predicted molar refractivity (Wildman–Crippen MR) is 91.3 cm³/mol.